The second kappa shape index (κ2) is 5.87. The first-order valence-electron chi connectivity index (χ1n) is 6.39. The molecule has 1 saturated heterocycles. The number of anilines is 2. The van der Waals surface area contributed by atoms with Crippen molar-refractivity contribution in [3.05, 3.63) is 24.3 Å². The summed E-state index contributed by atoms with van der Waals surface area (Å²) in [6.07, 6.45) is 2.06. The molecule has 0 bridgehead atoms. The van der Waals surface area contributed by atoms with Crippen molar-refractivity contribution in [2.24, 2.45) is 0 Å². The fourth-order valence-electron chi connectivity index (χ4n) is 2.11. The van der Waals surface area contributed by atoms with Crippen LogP contribution in [0.3, 0.4) is 0 Å². The van der Waals surface area contributed by atoms with Crippen LogP contribution in [0.25, 0.3) is 0 Å². The summed E-state index contributed by atoms with van der Waals surface area (Å²) in [6.45, 7) is 3.94. The molecule has 1 fully saturated rings. The van der Waals surface area contributed by atoms with Gasteiger partial charge < -0.3 is 15.0 Å². The molecule has 0 aliphatic carbocycles. The number of rotatable bonds is 4. The molecule has 2 rings (SSSR count). The van der Waals surface area contributed by atoms with E-state index in [1.807, 2.05) is 18.2 Å². The van der Waals surface area contributed by atoms with Gasteiger partial charge >= 0.3 is 0 Å². The molecule has 0 aromatic heterocycles. The predicted octanol–water partition coefficient (Wildman–Crippen LogP) is 2.26. The Kier molecular flexibility index (Phi) is 4.20. The summed E-state index contributed by atoms with van der Waals surface area (Å²) in [4.78, 5) is 14.1. The summed E-state index contributed by atoms with van der Waals surface area (Å²) in [6, 6.07) is 7.98. The van der Waals surface area contributed by atoms with Crippen molar-refractivity contribution in [1.82, 2.24) is 0 Å². The van der Waals surface area contributed by atoms with E-state index in [2.05, 4.69) is 16.3 Å². The minimum Gasteiger partial charge on any atom is -0.372 e. The van der Waals surface area contributed by atoms with Crippen molar-refractivity contribution in [1.29, 1.82) is 0 Å². The van der Waals surface area contributed by atoms with Gasteiger partial charge in [-0.05, 0) is 38.0 Å². The number of nitrogens with one attached hydrogen (secondary N) is 1. The van der Waals surface area contributed by atoms with Crippen LogP contribution in [-0.4, -0.2) is 32.2 Å². The van der Waals surface area contributed by atoms with Crippen molar-refractivity contribution in [3.8, 4) is 0 Å². The third kappa shape index (κ3) is 3.01. The highest BCUT2D eigenvalue weighted by Gasteiger charge is 2.14. The van der Waals surface area contributed by atoms with Crippen molar-refractivity contribution in [2.45, 2.75) is 25.9 Å². The SMILES string of the molecule is COC(C)C(=O)Nc1cccc(N2CCCC2)c1. The maximum atomic E-state index is 11.7. The van der Waals surface area contributed by atoms with Crippen LogP contribution < -0.4 is 10.2 Å². The van der Waals surface area contributed by atoms with Crippen LogP contribution in [0.1, 0.15) is 19.8 Å². The van der Waals surface area contributed by atoms with Crippen LogP contribution >= 0.6 is 0 Å². The lowest BCUT2D eigenvalue weighted by atomic mass is 10.2. The molecule has 1 aliphatic heterocycles. The first-order valence-corrected chi connectivity index (χ1v) is 6.39. The van der Waals surface area contributed by atoms with Gasteiger partial charge in [0.05, 0.1) is 0 Å². The van der Waals surface area contributed by atoms with Crippen molar-refractivity contribution in [2.75, 3.05) is 30.4 Å². The van der Waals surface area contributed by atoms with Crippen LogP contribution in [0.15, 0.2) is 24.3 Å². The summed E-state index contributed by atoms with van der Waals surface area (Å²) in [5, 5.41) is 2.87. The van der Waals surface area contributed by atoms with Gasteiger partial charge in [0.15, 0.2) is 0 Å². The van der Waals surface area contributed by atoms with Crippen LogP contribution in [0.2, 0.25) is 0 Å². The summed E-state index contributed by atoms with van der Waals surface area (Å²) in [7, 11) is 1.53. The van der Waals surface area contributed by atoms with Gasteiger partial charge in [-0.15, -0.1) is 0 Å². The zero-order chi connectivity index (χ0) is 13.0. The normalized spacial score (nSPS) is 16.7. The van der Waals surface area contributed by atoms with Crippen LogP contribution in [-0.2, 0) is 9.53 Å². The van der Waals surface area contributed by atoms with E-state index in [1.165, 1.54) is 25.6 Å². The molecule has 4 heteroatoms. The van der Waals surface area contributed by atoms with Gasteiger partial charge in [0, 0.05) is 31.6 Å². The molecule has 0 saturated carbocycles. The molecule has 1 unspecified atom stereocenters. The van der Waals surface area contributed by atoms with Gasteiger partial charge in [-0.1, -0.05) is 6.07 Å². The molecular formula is C14H20N2O2. The predicted molar refractivity (Wildman–Crippen MR) is 73.0 cm³/mol. The molecule has 1 aromatic rings. The van der Waals surface area contributed by atoms with Gasteiger partial charge in [-0.3, -0.25) is 4.79 Å². The molecule has 18 heavy (non-hydrogen) atoms. The maximum absolute atomic E-state index is 11.7. The fourth-order valence-corrected chi connectivity index (χ4v) is 2.11. The number of amides is 1. The third-order valence-corrected chi connectivity index (χ3v) is 3.31. The molecular weight excluding hydrogens is 228 g/mol. The Morgan fingerprint density at radius 1 is 1.39 bits per heavy atom. The molecule has 1 aliphatic rings. The highest BCUT2D eigenvalue weighted by Crippen LogP contribution is 2.23. The van der Waals surface area contributed by atoms with Crippen molar-refractivity contribution < 1.29 is 9.53 Å². The van der Waals surface area contributed by atoms with Crippen molar-refractivity contribution in [3.63, 3.8) is 0 Å². The second-order valence-electron chi connectivity index (χ2n) is 4.61. The largest absolute Gasteiger partial charge is 0.372 e. The van der Waals surface area contributed by atoms with E-state index in [0.717, 1.165) is 18.8 Å². The Labute approximate surface area is 108 Å². The summed E-state index contributed by atoms with van der Waals surface area (Å²) in [5.41, 5.74) is 2.00. The monoisotopic (exact) mass is 248 g/mol. The highest BCUT2D eigenvalue weighted by atomic mass is 16.5. The molecule has 1 amide bonds. The van der Waals surface area contributed by atoms with Gasteiger partial charge in [0.1, 0.15) is 6.10 Å². The van der Waals surface area contributed by atoms with E-state index in [9.17, 15) is 4.79 Å². The summed E-state index contributed by atoms with van der Waals surface area (Å²) >= 11 is 0. The van der Waals surface area contributed by atoms with E-state index in [1.54, 1.807) is 6.92 Å². The number of carbonyl (C=O) groups excluding carboxylic acids is 1. The lowest BCUT2D eigenvalue weighted by molar-refractivity contribution is -0.124. The Balaban J connectivity index is 2.05. The molecule has 0 radical (unpaired) electrons. The number of methoxy groups -OCH3 is 1. The Morgan fingerprint density at radius 2 is 2.11 bits per heavy atom. The number of ether oxygens (including phenoxy) is 1. The van der Waals surface area contributed by atoms with Crippen LogP contribution in [0.4, 0.5) is 11.4 Å². The van der Waals surface area contributed by atoms with Gasteiger partial charge in [0.25, 0.3) is 5.91 Å². The molecule has 1 atom stereocenters. The number of carbonyl (C=O) groups is 1. The lowest BCUT2D eigenvalue weighted by Crippen LogP contribution is -2.26. The smallest absolute Gasteiger partial charge is 0.253 e. The van der Waals surface area contributed by atoms with E-state index in [0.29, 0.717) is 0 Å². The van der Waals surface area contributed by atoms with Gasteiger partial charge in [-0.2, -0.15) is 0 Å². The number of nitrogens with zero attached hydrogens (tertiary/aromatic N) is 1. The Morgan fingerprint density at radius 3 is 2.78 bits per heavy atom. The average molecular weight is 248 g/mol. The molecule has 4 nitrogen and oxygen atoms in total. The van der Waals surface area contributed by atoms with Crippen LogP contribution in [0.5, 0.6) is 0 Å². The topological polar surface area (TPSA) is 41.6 Å². The molecule has 1 heterocycles. The zero-order valence-electron chi connectivity index (χ0n) is 11.0. The average Bonchev–Trinajstić information content (AvgIpc) is 2.92. The van der Waals surface area contributed by atoms with E-state index in [4.69, 9.17) is 4.74 Å². The maximum Gasteiger partial charge on any atom is 0.253 e. The molecule has 0 spiro atoms. The fraction of sp³-hybridized carbons (Fsp3) is 0.500. The van der Waals surface area contributed by atoms with Gasteiger partial charge in [-0.25, -0.2) is 0 Å². The molecule has 98 valence electrons. The Bertz CT molecular complexity index is 414. The first kappa shape index (κ1) is 12.9. The molecule has 1 N–H and O–H groups in total. The highest BCUT2D eigenvalue weighted by molar-refractivity contribution is 5.94. The summed E-state index contributed by atoms with van der Waals surface area (Å²) < 4.78 is 4.99. The molecule has 1 aromatic carbocycles. The summed E-state index contributed by atoms with van der Waals surface area (Å²) in [5.74, 6) is -0.115. The second-order valence-corrected chi connectivity index (χ2v) is 4.61. The number of hydrogen-bond donors (Lipinski definition) is 1. The van der Waals surface area contributed by atoms with E-state index < -0.39 is 6.10 Å². The van der Waals surface area contributed by atoms with Gasteiger partial charge in [0.2, 0.25) is 0 Å². The number of benzene rings is 1. The lowest BCUT2D eigenvalue weighted by Gasteiger charge is -2.19. The third-order valence-electron chi connectivity index (χ3n) is 3.31. The standard InChI is InChI=1S/C14H20N2O2/c1-11(18-2)14(17)15-12-6-5-7-13(10-12)16-8-3-4-9-16/h5-7,10-11H,3-4,8-9H2,1-2H3,(H,15,17). The minimum atomic E-state index is -0.430. The number of hydrogen-bond acceptors (Lipinski definition) is 3. The Hall–Kier alpha value is -1.55. The zero-order valence-corrected chi connectivity index (χ0v) is 11.0. The van der Waals surface area contributed by atoms with Crippen LogP contribution in [0, 0.1) is 0 Å². The quantitative estimate of drug-likeness (QED) is 0.888. The first-order chi connectivity index (χ1) is 8.70. The van der Waals surface area contributed by atoms with E-state index >= 15 is 0 Å². The van der Waals surface area contributed by atoms with E-state index in [-0.39, 0.29) is 5.91 Å². The van der Waals surface area contributed by atoms with Crippen molar-refractivity contribution >= 4 is 17.3 Å². The minimum absolute atomic E-state index is 0.115.